The molecule has 5 rings (SSSR count). The minimum atomic E-state index is -0.353. The average Bonchev–Trinajstić information content (AvgIpc) is 3.35. The fraction of sp³-hybridized carbons (Fsp3) is 0.538. The summed E-state index contributed by atoms with van der Waals surface area (Å²) in [6.07, 6.45) is 6.60. The van der Waals surface area contributed by atoms with Crippen LogP contribution in [0.4, 0.5) is 0 Å². The van der Waals surface area contributed by atoms with Crippen LogP contribution in [0, 0.1) is 0 Å². The fourth-order valence-electron chi connectivity index (χ4n) is 5.11. The van der Waals surface area contributed by atoms with Crippen molar-refractivity contribution < 1.29 is 4.79 Å². The Hall–Kier alpha value is -1.79. The molecular weight excluding hydrogens is 434 g/mol. The maximum absolute atomic E-state index is 12.9. The number of carbonyl (C=O) groups is 1. The smallest absolute Gasteiger partial charge is 0.268 e. The lowest BCUT2D eigenvalue weighted by Crippen LogP contribution is -2.41. The van der Waals surface area contributed by atoms with Crippen LogP contribution in [0.3, 0.4) is 0 Å². The molecule has 0 bridgehead atoms. The minimum absolute atomic E-state index is 0.0193. The van der Waals surface area contributed by atoms with Crippen LogP contribution in [0.2, 0.25) is 0 Å². The lowest BCUT2D eigenvalue weighted by molar-refractivity contribution is 0.0930. The van der Waals surface area contributed by atoms with Crippen molar-refractivity contribution in [3.05, 3.63) is 41.6 Å². The summed E-state index contributed by atoms with van der Waals surface area (Å²) < 4.78 is 1.04. The molecule has 0 saturated carbocycles. The molecule has 1 spiro atoms. The Balaban J connectivity index is 1.23. The summed E-state index contributed by atoms with van der Waals surface area (Å²) in [6, 6.07) is 11.0. The van der Waals surface area contributed by atoms with Crippen LogP contribution in [-0.2, 0) is 5.41 Å². The van der Waals surface area contributed by atoms with Gasteiger partial charge in [-0.1, -0.05) is 51.5 Å². The summed E-state index contributed by atoms with van der Waals surface area (Å²) in [7, 11) is -0.353. The van der Waals surface area contributed by atoms with Crippen molar-refractivity contribution in [3.63, 3.8) is 0 Å². The lowest BCUT2D eigenvalue weighted by Gasteiger charge is -2.48. The van der Waals surface area contributed by atoms with Crippen LogP contribution in [0.15, 0.2) is 30.3 Å². The predicted molar refractivity (Wildman–Crippen MR) is 140 cm³/mol. The standard InChI is InChI=1S/C26H35N3OS2/c1-26(2,3)19-9-7-18(8-10-19)25-29-23-22(31-25)17-21(28-23)24(30)27-20-11-15-32(16-12-20)13-5-4-6-14-32/h7-10,17,20,28H,4-6,11-16H2,1-3H3,(H,27,30). The van der Waals surface area contributed by atoms with Crippen molar-refractivity contribution in [2.75, 3.05) is 23.0 Å². The van der Waals surface area contributed by atoms with Crippen molar-refractivity contribution in [3.8, 4) is 10.6 Å². The Morgan fingerprint density at radius 2 is 1.75 bits per heavy atom. The second-order valence-electron chi connectivity index (χ2n) is 10.6. The van der Waals surface area contributed by atoms with Crippen molar-refractivity contribution in [2.24, 2.45) is 0 Å². The van der Waals surface area contributed by atoms with Crippen molar-refractivity contribution in [2.45, 2.75) is 64.3 Å². The van der Waals surface area contributed by atoms with E-state index in [1.54, 1.807) is 11.3 Å². The summed E-state index contributed by atoms with van der Waals surface area (Å²) in [5, 5.41) is 4.29. The molecule has 4 nitrogen and oxygen atoms in total. The number of rotatable bonds is 3. The molecule has 1 amide bonds. The maximum atomic E-state index is 12.9. The topological polar surface area (TPSA) is 57.8 Å². The summed E-state index contributed by atoms with van der Waals surface area (Å²) in [5.41, 5.74) is 4.04. The maximum Gasteiger partial charge on any atom is 0.268 e. The highest BCUT2D eigenvalue weighted by atomic mass is 32.3. The Labute approximate surface area is 196 Å². The summed E-state index contributed by atoms with van der Waals surface area (Å²) >= 11 is 1.64. The number of amides is 1. The van der Waals surface area contributed by atoms with Gasteiger partial charge in [0.05, 0.1) is 4.70 Å². The van der Waals surface area contributed by atoms with E-state index in [1.807, 2.05) is 6.07 Å². The van der Waals surface area contributed by atoms with Gasteiger partial charge in [0.1, 0.15) is 16.3 Å². The first-order valence-corrected chi connectivity index (χ1v) is 15.1. The average molecular weight is 470 g/mol. The van der Waals surface area contributed by atoms with E-state index in [9.17, 15) is 4.79 Å². The van der Waals surface area contributed by atoms with E-state index in [0.717, 1.165) is 33.8 Å². The first kappa shape index (κ1) is 22.0. The largest absolute Gasteiger partial charge is 0.348 e. The molecule has 2 aliphatic heterocycles. The number of hydrogen-bond acceptors (Lipinski definition) is 3. The van der Waals surface area contributed by atoms with Crippen LogP contribution >= 0.6 is 21.4 Å². The van der Waals surface area contributed by atoms with Gasteiger partial charge in [-0.3, -0.25) is 4.79 Å². The molecule has 0 unspecified atom stereocenters. The molecule has 6 heteroatoms. The third-order valence-electron chi connectivity index (χ3n) is 7.21. The molecule has 0 aliphatic carbocycles. The van der Waals surface area contributed by atoms with E-state index < -0.39 is 0 Å². The highest BCUT2D eigenvalue weighted by molar-refractivity contribution is 8.33. The van der Waals surface area contributed by atoms with E-state index in [2.05, 4.69) is 55.3 Å². The third kappa shape index (κ3) is 4.49. The molecule has 2 fully saturated rings. The molecular formula is C26H35N3OS2. The number of thiazole rings is 1. The van der Waals surface area contributed by atoms with Gasteiger partial charge in [-0.2, -0.15) is 0 Å². The highest BCUT2D eigenvalue weighted by Gasteiger charge is 2.32. The second kappa shape index (κ2) is 8.53. The van der Waals surface area contributed by atoms with Gasteiger partial charge in [-0.25, -0.2) is 15.0 Å². The molecule has 2 aromatic heterocycles. The number of aromatic nitrogens is 2. The van der Waals surface area contributed by atoms with Crippen molar-refractivity contribution in [1.82, 2.24) is 15.3 Å². The zero-order valence-electron chi connectivity index (χ0n) is 19.5. The van der Waals surface area contributed by atoms with Gasteiger partial charge < -0.3 is 10.3 Å². The lowest BCUT2D eigenvalue weighted by atomic mass is 9.87. The number of carbonyl (C=O) groups excluding carboxylic acids is 1. The van der Waals surface area contributed by atoms with Gasteiger partial charge in [0.25, 0.3) is 5.91 Å². The molecule has 172 valence electrons. The number of fused-ring (bicyclic) bond motifs is 1. The van der Waals surface area contributed by atoms with Crippen LogP contribution in [-0.4, -0.2) is 44.9 Å². The number of nitrogens with zero attached hydrogens (tertiary/aromatic N) is 1. The van der Waals surface area contributed by atoms with Crippen LogP contribution in [0.5, 0.6) is 0 Å². The number of benzene rings is 1. The molecule has 2 aliphatic rings. The van der Waals surface area contributed by atoms with Crippen LogP contribution < -0.4 is 5.32 Å². The second-order valence-corrected chi connectivity index (χ2v) is 15.7. The SMILES string of the molecule is CC(C)(C)c1ccc(-c2nc3[nH]c(C(=O)NC4CCS5(CCCCC5)CC4)cc3s2)cc1. The molecule has 0 radical (unpaired) electrons. The van der Waals surface area contributed by atoms with Gasteiger partial charge in [0.2, 0.25) is 0 Å². The van der Waals surface area contributed by atoms with E-state index in [-0.39, 0.29) is 21.4 Å². The summed E-state index contributed by atoms with van der Waals surface area (Å²) in [6.45, 7) is 6.68. The van der Waals surface area contributed by atoms with E-state index in [1.165, 1.54) is 47.8 Å². The van der Waals surface area contributed by atoms with E-state index in [0.29, 0.717) is 11.7 Å². The molecule has 32 heavy (non-hydrogen) atoms. The zero-order valence-corrected chi connectivity index (χ0v) is 21.1. The van der Waals surface area contributed by atoms with Gasteiger partial charge >= 0.3 is 0 Å². The van der Waals surface area contributed by atoms with E-state index >= 15 is 0 Å². The number of aromatic amines is 1. The Morgan fingerprint density at radius 3 is 2.38 bits per heavy atom. The van der Waals surface area contributed by atoms with Gasteiger partial charge in [-0.15, -0.1) is 11.3 Å². The number of H-pyrrole nitrogens is 1. The number of nitrogens with one attached hydrogen (secondary N) is 2. The molecule has 4 heterocycles. The Bertz CT molecular complexity index is 1060. The number of hydrogen-bond donors (Lipinski definition) is 2. The zero-order chi connectivity index (χ0) is 22.3. The first-order valence-electron chi connectivity index (χ1n) is 12.0. The van der Waals surface area contributed by atoms with Crippen molar-refractivity contribution >= 4 is 37.6 Å². The van der Waals surface area contributed by atoms with Crippen LogP contribution in [0.1, 0.15) is 68.9 Å². The summed E-state index contributed by atoms with van der Waals surface area (Å²) in [4.78, 5) is 20.9. The summed E-state index contributed by atoms with van der Waals surface area (Å²) in [5.74, 6) is 5.69. The fourth-order valence-corrected chi connectivity index (χ4v) is 10.5. The van der Waals surface area contributed by atoms with Crippen molar-refractivity contribution in [1.29, 1.82) is 0 Å². The Kier molecular flexibility index (Phi) is 5.87. The monoisotopic (exact) mass is 469 g/mol. The van der Waals surface area contributed by atoms with Gasteiger partial charge in [-0.05, 0) is 65.7 Å². The first-order chi connectivity index (χ1) is 15.3. The highest BCUT2D eigenvalue weighted by Crippen LogP contribution is 2.55. The molecule has 1 aromatic carbocycles. The Morgan fingerprint density at radius 1 is 1.06 bits per heavy atom. The minimum Gasteiger partial charge on any atom is -0.348 e. The third-order valence-corrected chi connectivity index (χ3v) is 12.8. The normalized spacial score (nSPS) is 20.5. The molecule has 0 atom stereocenters. The molecule has 2 N–H and O–H groups in total. The van der Waals surface area contributed by atoms with Gasteiger partial charge in [0, 0.05) is 11.6 Å². The molecule has 2 saturated heterocycles. The van der Waals surface area contributed by atoms with Gasteiger partial charge in [0.15, 0.2) is 0 Å². The quantitative estimate of drug-likeness (QED) is 0.462. The molecule has 3 aromatic rings. The van der Waals surface area contributed by atoms with Crippen LogP contribution in [0.25, 0.3) is 20.9 Å². The van der Waals surface area contributed by atoms with E-state index in [4.69, 9.17) is 4.98 Å². The predicted octanol–water partition coefficient (Wildman–Crippen LogP) is 6.47.